The number of aliphatic imine (C=N–C) groups is 1. The monoisotopic (exact) mass is 401 g/mol. The van der Waals surface area contributed by atoms with E-state index in [-0.39, 0.29) is 5.91 Å². The fourth-order valence-corrected chi connectivity index (χ4v) is 5.28. The second-order valence-electron chi connectivity index (χ2n) is 6.11. The van der Waals surface area contributed by atoms with E-state index in [1.54, 1.807) is 23.7 Å². The first-order valence-electron chi connectivity index (χ1n) is 8.01. The first-order valence-corrected chi connectivity index (χ1v) is 10.0. The summed E-state index contributed by atoms with van der Waals surface area (Å²) in [7, 11) is 3.72. The number of likely N-dealkylation sites (N-methyl/N-ethyl adjacent to an activating group) is 1. The lowest BCUT2D eigenvalue weighted by Gasteiger charge is -2.14. The van der Waals surface area contributed by atoms with Gasteiger partial charge in [0.25, 0.3) is 5.91 Å². The van der Waals surface area contributed by atoms with Crippen molar-refractivity contribution in [2.75, 3.05) is 19.0 Å². The van der Waals surface area contributed by atoms with Gasteiger partial charge in [0.2, 0.25) is 0 Å². The van der Waals surface area contributed by atoms with E-state index in [4.69, 9.17) is 11.6 Å². The molecule has 0 unspecified atom stereocenters. The van der Waals surface area contributed by atoms with Crippen molar-refractivity contribution in [1.82, 2.24) is 4.90 Å². The van der Waals surface area contributed by atoms with E-state index < -0.39 is 0 Å². The lowest BCUT2D eigenvalue weighted by Crippen LogP contribution is -2.24. The molecule has 1 fully saturated rings. The number of thioether (sulfide) groups is 2. The molecule has 7 heteroatoms. The number of anilines is 1. The molecule has 4 rings (SSSR count). The zero-order valence-corrected chi connectivity index (χ0v) is 16.9. The van der Waals surface area contributed by atoms with Gasteiger partial charge < -0.3 is 4.90 Å². The molecular weight excluding hydrogens is 386 g/mol. The lowest BCUT2D eigenvalue weighted by atomic mass is 10.2. The van der Waals surface area contributed by atoms with Crippen LogP contribution >= 0.6 is 35.1 Å². The van der Waals surface area contributed by atoms with Crippen LogP contribution in [-0.4, -0.2) is 30.1 Å². The van der Waals surface area contributed by atoms with Crippen LogP contribution in [0.15, 0.2) is 62.3 Å². The SMILES string of the molecule is Cc1cccc(N=C2S/C(=C3\Sc4ccc(Cl)cc4N3C)C(=O)N2C)c1. The Hall–Kier alpha value is -1.89. The molecule has 2 aliphatic rings. The highest BCUT2D eigenvalue weighted by Gasteiger charge is 2.37. The van der Waals surface area contributed by atoms with E-state index in [9.17, 15) is 4.79 Å². The minimum Gasteiger partial charge on any atom is -0.337 e. The Bertz CT molecular complexity index is 986. The van der Waals surface area contributed by atoms with Crippen LogP contribution in [0.2, 0.25) is 5.02 Å². The van der Waals surface area contributed by atoms with Crippen LogP contribution in [0.25, 0.3) is 0 Å². The molecule has 1 saturated heterocycles. The van der Waals surface area contributed by atoms with Crippen molar-refractivity contribution in [2.45, 2.75) is 11.8 Å². The van der Waals surface area contributed by atoms with E-state index >= 15 is 0 Å². The molecule has 0 saturated carbocycles. The van der Waals surface area contributed by atoms with Gasteiger partial charge in [0.1, 0.15) is 4.91 Å². The van der Waals surface area contributed by atoms with E-state index in [1.165, 1.54) is 11.8 Å². The van der Waals surface area contributed by atoms with E-state index in [0.29, 0.717) is 15.1 Å². The van der Waals surface area contributed by atoms with Crippen molar-refractivity contribution < 1.29 is 4.79 Å². The van der Waals surface area contributed by atoms with Crippen molar-refractivity contribution in [3.63, 3.8) is 0 Å². The van der Waals surface area contributed by atoms with Gasteiger partial charge in [0, 0.05) is 24.0 Å². The van der Waals surface area contributed by atoms with Crippen LogP contribution < -0.4 is 4.90 Å². The van der Waals surface area contributed by atoms with Crippen molar-refractivity contribution in [2.24, 2.45) is 4.99 Å². The third kappa shape index (κ3) is 3.02. The van der Waals surface area contributed by atoms with Gasteiger partial charge in [-0.15, -0.1) is 0 Å². The second-order valence-corrected chi connectivity index (χ2v) is 8.55. The number of amidine groups is 1. The average Bonchev–Trinajstić information content (AvgIpc) is 3.07. The molecular formula is C19H16ClN3OS2. The molecule has 1 amide bonds. The summed E-state index contributed by atoms with van der Waals surface area (Å²) in [6.45, 7) is 2.03. The minimum absolute atomic E-state index is 0.0327. The Morgan fingerprint density at radius 3 is 2.62 bits per heavy atom. The number of nitrogens with zero attached hydrogens (tertiary/aromatic N) is 3. The largest absolute Gasteiger partial charge is 0.337 e. The molecule has 2 aromatic rings. The summed E-state index contributed by atoms with van der Waals surface area (Å²) in [4.78, 5) is 22.9. The topological polar surface area (TPSA) is 35.9 Å². The Morgan fingerprint density at radius 2 is 1.85 bits per heavy atom. The molecule has 0 atom stereocenters. The molecule has 2 aromatic carbocycles. The van der Waals surface area contributed by atoms with Crippen LogP contribution in [0.1, 0.15) is 5.56 Å². The zero-order valence-electron chi connectivity index (χ0n) is 14.5. The van der Waals surface area contributed by atoms with Gasteiger partial charge in [-0.2, -0.15) is 0 Å². The number of hydrogen-bond acceptors (Lipinski definition) is 5. The number of amides is 1. The number of carbonyl (C=O) groups excluding carboxylic acids is 1. The Labute approximate surface area is 165 Å². The maximum absolute atomic E-state index is 12.8. The lowest BCUT2D eigenvalue weighted by molar-refractivity contribution is -0.121. The normalized spacial score (nSPS) is 21.1. The van der Waals surface area contributed by atoms with Crippen LogP contribution in [0.5, 0.6) is 0 Å². The zero-order chi connectivity index (χ0) is 18.4. The first-order chi connectivity index (χ1) is 12.4. The van der Waals surface area contributed by atoms with Crippen LogP contribution in [0, 0.1) is 6.92 Å². The summed E-state index contributed by atoms with van der Waals surface area (Å²) in [5.74, 6) is -0.0327. The first kappa shape index (κ1) is 17.5. The van der Waals surface area contributed by atoms with Crippen LogP contribution in [0.4, 0.5) is 11.4 Å². The molecule has 132 valence electrons. The maximum atomic E-state index is 12.8. The minimum atomic E-state index is -0.0327. The van der Waals surface area contributed by atoms with Gasteiger partial charge in [-0.25, -0.2) is 4.99 Å². The third-order valence-electron chi connectivity index (χ3n) is 4.19. The van der Waals surface area contributed by atoms with Gasteiger partial charge in [0.15, 0.2) is 5.17 Å². The molecule has 4 nitrogen and oxygen atoms in total. The van der Waals surface area contributed by atoms with E-state index in [2.05, 4.69) is 4.99 Å². The fraction of sp³-hybridized carbons (Fsp3) is 0.158. The van der Waals surface area contributed by atoms with Crippen molar-refractivity contribution in [1.29, 1.82) is 0 Å². The molecule has 0 aromatic heterocycles. The number of benzene rings is 2. The summed E-state index contributed by atoms with van der Waals surface area (Å²) in [6, 6.07) is 13.7. The predicted octanol–water partition coefficient (Wildman–Crippen LogP) is 5.25. The number of rotatable bonds is 1. The van der Waals surface area contributed by atoms with E-state index in [1.807, 2.05) is 61.3 Å². The summed E-state index contributed by atoms with van der Waals surface area (Å²) < 4.78 is 0. The van der Waals surface area contributed by atoms with Gasteiger partial charge in [-0.1, -0.05) is 35.5 Å². The Kier molecular flexibility index (Phi) is 4.50. The molecule has 2 aliphatic heterocycles. The van der Waals surface area contributed by atoms with Gasteiger partial charge in [-0.05, 0) is 54.6 Å². The second kappa shape index (κ2) is 6.68. The smallest absolute Gasteiger partial charge is 0.269 e. The van der Waals surface area contributed by atoms with Crippen molar-refractivity contribution >= 4 is 57.6 Å². The molecule has 0 aliphatic carbocycles. The Morgan fingerprint density at radius 1 is 1.04 bits per heavy atom. The number of halogens is 1. The standard InChI is InChI=1S/C19H16ClN3OS2/c1-11-5-4-6-13(9-11)21-19-23(3)17(24)16(26-19)18-22(2)14-10-12(20)7-8-15(14)25-18/h4-10H,1-3H3/b18-16-,21-19?. The highest BCUT2D eigenvalue weighted by molar-refractivity contribution is 8.19. The number of fused-ring (bicyclic) bond motifs is 1. The molecule has 2 heterocycles. The predicted molar refractivity (Wildman–Crippen MR) is 111 cm³/mol. The molecule has 0 N–H and O–H groups in total. The number of hydrogen-bond donors (Lipinski definition) is 0. The number of carbonyl (C=O) groups is 1. The van der Waals surface area contributed by atoms with E-state index in [0.717, 1.165) is 26.9 Å². The van der Waals surface area contributed by atoms with Gasteiger partial charge in [0.05, 0.1) is 16.4 Å². The highest BCUT2D eigenvalue weighted by atomic mass is 35.5. The summed E-state index contributed by atoms with van der Waals surface area (Å²) in [5, 5.41) is 2.29. The molecule has 26 heavy (non-hydrogen) atoms. The molecule has 0 spiro atoms. The summed E-state index contributed by atoms with van der Waals surface area (Å²) >= 11 is 9.13. The van der Waals surface area contributed by atoms with Crippen LogP contribution in [-0.2, 0) is 4.79 Å². The average molecular weight is 402 g/mol. The quantitative estimate of drug-likeness (QED) is 0.611. The highest BCUT2D eigenvalue weighted by Crippen LogP contribution is 2.50. The van der Waals surface area contributed by atoms with Crippen molar-refractivity contribution in [3.8, 4) is 0 Å². The van der Waals surface area contributed by atoms with Crippen molar-refractivity contribution in [3.05, 3.63) is 63.0 Å². The van der Waals surface area contributed by atoms with Gasteiger partial charge >= 0.3 is 0 Å². The Balaban J connectivity index is 1.71. The fourth-order valence-electron chi connectivity index (χ4n) is 2.80. The summed E-state index contributed by atoms with van der Waals surface area (Å²) in [6.07, 6.45) is 0. The van der Waals surface area contributed by atoms with Crippen LogP contribution in [0.3, 0.4) is 0 Å². The van der Waals surface area contributed by atoms with Gasteiger partial charge in [-0.3, -0.25) is 9.69 Å². The maximum Gasteiger partial charge on any atom is 0.269 e. The molecule has 0 bridgehead atoms. The molecule has 0 radical (unpaired) electrons. The number of aryl methyl sites for hydroxylation is 1. The third-order valence-corrected chi connectivity index (χ3v) is 6.91. The summed E-state index contributed by atoms with van der Waals surface area (Å²) in [5.41, 5.74) is 3.01.